The standard InChI is InChI=1S/C13H13NO4/c15-10-3-1-9(2-4-10)7-12-14-8-11(18-12)5-6-13(16)17/h1-4,8,15H,5-7H2,(H,16,17). The van der Waals surface area contributed by atoms with E-state index in [0.29, 0.717) is 24.5 Å². The Labute approximate surface area is 104 Å². The topological polar surface area (TPSA) is 83.6 Å². The summed E-state index contributed by atoms with van der Waals surface area (Å²) in [5.41, 5.74) is 0.972. The lowest BCUT2D eigenvalue weighted by atomic mass is 10.1. The van der Waals surface area contributed by atoms with Gasteiger partial charge < -0.3 is 14.6 Å². The van der Waals surface area contributed by atoms with Crippen LogP contribution in [-0.4, -0.2) is 21.2 Å². The second-order valence-electron chi connectivity index (χ2n) is 3.96. The molecule has 94 valence electrons. The molecule has 0 atom stereocenters. The van der Waals surface area contributed by atoms with E-state index >= 15 is 0 Å². The molecule has 1 heterocycles. The predicted octanol–water partition coefficient (Wildman–Crippen LogP) is 1.99. The number of phenols is 1. The zero-order valence-electron chi connectivity index (χ0n) is 9.67. The van der Waals surface area contributed by atoms with Gasteiger partial charge in [0.05, 0.1) is 12.6 Å². The van der Waals surface area contributed by atoms with Crippen molar-refractivity contribution >= 4 is 5.97 Å². The minimum absolute atomic E-state index is 0.0356. The number of aromatic hydroxyl groups is 1. The van der Waals surface area contributed by atoms with E-state index in [9.17, 15) is 4.79 Å². The molecular weight excluding hydrogens is 234 g/mol. The number of rotatable bonds is 5. The Hall–Kier alpha value is -2.30. The molecule has 0 aliphatic rings. The molecule has 2 N–H and O–H groups in total. The van der Waals surface area contributed by atoms with Gasteiger partial charge >= 0.3 is 5.97 Å². The largest absolute Gasteiger partial charge is 0.508 e. The third-order valence-corrected chi connectivity index (χ3v) is 2.48. The highest BCUT2D eigenvalue weighted by Gasteiger charge is 2.07. The molecule has 1 aromatic carbocycles. The van der Waals surface area contributed by atoms with Crippen LogP contribution in [0, 0.1) is 0 Å². The summed E-state index contributed by atoms with van der Waals surface area (Å²) in [5, 5.41) is 17.7. The van der Waals surface area contributed by atoms with E-state index < -0.39 is 5.97 Å². The third-order valence-electron chi connectivity index (χ3n) is 2.48. The average Bonchev–Trinajstić information content (AvgIpc) is 2.77. The van der Waals surface area contributed by atoms with Crippen molar-refractivity contribution in [1.82, 2.24) is 4.98 Å². The fraction of sp³-hybridized carbons (Fsp3) is 0.231. The van der Waals surface area contributed by atoms with Crippen LogP contribution in [0.2, 0.25) is 0 Å². The van der Waals surface area contributed by atoms with Gasteiger partial charge in [-0.05, 0) is 17.7 Å². The van der Waals surface area contributed by atoms with Crippen molar-refractivity contribution in [3.05, 3.63) is 47.7 Å². The molecule has 0 spiro atoms. The first-order chi connectivity index (χ1) is 8.63. The van der Waals surface area contributed by atoms with Crippen LogP contribution >= 0.6 is 0 Å². The molecule has 2 rings (SSSR count). The van der Waals surface area contributed by atoms with Gasteiger partial charge in [-0.1, -0.05) is 12.1 Å². The molecule has 1 aromatic heterocycles. The van der Waals surface area contributed by atoms with Crippen molar-refractivity contribution in [3.8, 4) is 5.75 Å². The lowest BCUT2D eigenvalue weighted by Crippen LogP contribution is -1.96. The Balaban J connectivity index is 1.97. The number of aryl methyl sites for hydroxylation is 1. The number of benzene rings is 1. The SMILES string of the molecule is O=C(O)CCc1cnc(Cc2ccc(O)cc2)o1. The number of carbonyl (C=O) groups is 1. The van der Waals surface area contributed by atoms with Crippen LogP contribution in [0.5, 0.6) is 5.75 Å². The highest BCUT2D eigenvalue weighted by Crippen LogP contribution is 2.14. The van der Waals surface area contributed by atoms with Gasteiger partial charge in [-0.25, -0.2) is 4.98 Å². The maximum Gasteiger partial charge on any atom is 0.303 e. The van der Waals surface area contributed by atoms with Gasteiger partial charge in [0, 0.05) is 12.8 Å². The van der Waals surface area contributed by atoms with Crippen LogP contribution in [0.15, 0.2) is 34.9 Å². The molecule has 0 aliphatic heterocycles. The molecule has 5 nitrogen and oxygen atoms in total. The normalized spacial score (nSPS) is 10.4. The number of aliphatic carboxylic acids is 1. The first-order valence-electron chi connectivity index (χ1n) is 5.57. The zero-order valence-corrected chi connectivity index (χ0v) is 9.67. The monoisotopic (exact) mass is 247 g/mol. The Kier molecular flexibility index (Phi) is 3.62. The third kappa shape index (κ3) is 3.35. The number of carboxylic acid groups (broad SMARTS) is 1. The van der Waals surface area contributed by atoms with E-state index in [2.05, 4.69) is 4.98 Å². The molecule has 18 heavy (non-hydrogen) atoms. The summed E-state index contributed by atoms with van der Waals surface area (Å²) in [6.45, 7) is 0. The van der Waals surface area contributed by atoms with Crippen molar-refractivity contribution in [2.45, 2.75) is 19.3 Å². The summed E-state index contributed by atoms with van der Waals surface area (Å²) in [6.07, 6.45) is 2.46. The molecule has 0 bridgehead atoms. The molecule has 0 aliphatic carbocycles. The van der Waals surface area contributed by atoms with Gasteiger partial charge in [0.25, 0.3) is 0 Å². The van der Waals surface area contributed by atoms with Gasteiger partial charge in [0.1, 0.15) is 11.5 Å². The van der Waals surface area contributed by atoms with Gasteiger partial charge in [-0.3, -0.25) is 4.79 Å². The van der Waals surface area contributed by atoms with Gasteiger partial charge in [0.15, 0.2) is 5.89 Å². The van der Waals surface area contributed by atoms with Crippen molar-refractivity contribution in [1.29, 1.82) is 0 Å². The summed E-state index contributed by atoms with van der Waals surface area (Å²) in [4.78, 5) is 14.5. The van der Waals surface area contributed by atoms with E-state index in [1.165, 1.54) is 0 Å². The molecule has 2 aromatic rings. The smallest absolute Gasteiger partial charge is 0.303 e. The number of phenolic OH excluding ortho intramolecular Hbond substituents is 1. The molecule has 0 fully saturated rings. The van der Waals surface area contributed by atoms with Gasteiger partial charge in [-0.2, -0.15) is 0 Å². The Morgan fingerprint density at radius 1 is 1.28 bits per heavy atom. The van der Waals surface area contributed by atoms with Crippen molar-refractivity contribution in [2.75, 3.05) is 0 Å². The fourth-order valence-corrected chi connectivity index (χ4v) is 1.56. The van der Waals surface area contributed by atoms with Crippen LogP contribution in [-0.2, 0) is 17.6 Å². The van der Waals surface area contributed by atoms with Crippen molar-refractivity contribution in [3.63, 3.8) is 0 Å². The maximum atomic E-state index is 10.4. The fourth-order valence-electron chi connectivity index (χ4n) is 1.56. The van der Waals surface area contributed by atoms with Crippen LogP contribution < -0.4 is 0 Å². The minimum Gasteiger partial charge on any atom is -0.508 e. The second kappa shape index (κ2) is 5.35. The van der Waals surface area contributed by atoms with Gasteiger partial charge in [0.2, 0.25) is 0 Å². The number of nitrogens with zero attached hydrogens (tertiary/aromatic N) is 1. The number of aromatic nitrogens is 1. The van der Waals surface area contributed by atoms with Crippen LogP contribution in [0.1, 0.15) is 23.6 Å². The minimum atomic E-state index is -0.855. The molecule has 0 amide bonds. The van der Waals surface area contributed by atoms with E-state index in [0.717, 1.165) is 5.56 Å². The van der Waals surface area contributed by atoms with Crippen molar-refractivity contribution < 1.29 is 19.4 Å². The summed E-state index contributed by atoms with van der Waals surface area (Å²) in [5.74, 6) is 0.479. The Bertz CT molecular complexity index is 530. The molecular formula is C13H13NO4. The molecule has 0 unspecified atom stereocenters. The summed E-state index contributed by atoms with van der Waals surface area (Å²) in [7, 11) is 0. The lowest BCUT2D eigenvalue weighted by molar-refractivity contribution is -0.137. The quantitative estimate of drug-likeness (QED) is 0.844. The highest BCUT2D eigenvalue weighted by atomic mass is 16.4. The average molecular weight is 247 g/mol. The van der Waals surface area contributed by atoms with E-state index in [1.54, 1.807) is 30.5 Å². The van der Waals surface area contributed by atoms with E-state index in [1.807, 2.05) is 0 Å². The Morgan fingerprint density at radius 3 is 2.67 bits per heavy atom. The second-order valence-corrected chi connectivity index (χ2v) is 3.96. The zero-order chi connectivity index (χ0) is 13.0. The van der Waals surface area contributed by atoms with Crippen molar-refractivity contribution in [2.24, 2.45) is 0 Å². The molecule has 0 saturated heterocycles. The number of hydrogen-bond donors (Lipinski definition) is 2. The van der Waals surface area contributed by atoms with Crippen LogP contribution in [0.3, 0.4) is 0 Å². The molecule has 0 radical (unpaired) electrons. The summed E-state index contributed by atoms with van der Waals surface area (Å²) in [6, 6.07) is 6.78. The lowest BCUT2D eigenvalue weighted by Gasteiger charge is -1.97. The summed E-state index contributed by atoms with van der Waals surface area (Å²) < 4.78 is 5.43. The highest BCUT2D eigenvalue weighted by molar-refractivity contribution is 5.66. The summed E-state index contributed by atoms with van der Waals surface area (Å²) >= 11 is 0. The first kappa shape index (κ1) is 12.2. The Morgan fingerprint density at radius 2 is 2.00 bits per heavy atom. The first-order valence-corrected chi connectivity index (χ1v) is 5.57. The molecule has 5 heteroatoms. The van der Waals surface area contributed by atoms with E-state index in [-0.39, 0.29) is 12.2 Å². The predicted molar refractivity (Wildman–Crippen MR) is 63.4 cm³/mol. The maximum absolute atomic E-state index is 10.4. The number of carboxylic acids is 1. The number of hydrogen-bond acceptors (Lipinski definition) is 4. The molecule has 0 saturated carbocycles. The van der Waals surface area contributed by atoms with Gasteiger partial charge in [-0.15, -0.1) is 0 Å². The van der Waals surface area contributed by atoms with Crippen LogP contribution in [0.4, 0.5) is 0 Å². The van der Waals surface area contributed by atoms with Crippen LogP contribution in [0.25, 0.3) is 0 Å². The van der Waals surface area contributed by atoms with E-state index in [4.69, 9.17) is 14.6 Å². The number of oxazole rings is 1.